The summed E-state index contributed by atoms with van der Waals surface area (Å²) in [4.78, 5) is 27.4. The van der Waals surface area contributed by atoms with Gasteiger partial charge in [-0.15, -0.1) is 0 Å². The van der Waals surface area contributed by atoms with Crippen molar-refractivity contribution in [3.05, 3.63) is 94.4 Å². The van der Waals surface area contributed by atoms with Gasteiger partial charge in [-0.2, -0.15) is 0 Å². The number of carbonyl (C=O) groups excluding carboxylic acids is 2. The van der Waals surface area contributed by atoms with E-state index >= 15 is 0 Å². The summed E-state index contributed by atoms with van der Waals surface area (Å²) in [6, 6.07) is 19.0. The average molecular weight is 425 g/mol. The highest BCUT2D eigenvalue weighted by molar-refractivity contribution is 6.02. The molecule has 1 aliphatic heterocycles. The SMILES string of the molecule is NCc1ccc2c(c1)C1(CCN(C(=O)c3ccc(C#Cc4ccccc4)o3)CC1)CC2=O. The molecule has 0 bridgehead atoms. The maximum Gasteiger partial charge on any atom is 0.289 e. The Kier molecular flexibility index (Phi) is 5.16. The minimum Gasteiger partial charge on any atom is -0.443 e. The Balaban J connectivity index is 1.29. The molecule has 2 N–H and O–H groups in total. The van der Waals surface area contributed by atoms with Gasteiger partial charge in [0.25, 0.3) is 5.91 Å². The van der Waals surface area contributed by atoms with Crippen LogP contribution >= 0.6 is 0 Å². The van der Waals surface area contributed by atoms with Crippen LogP contribution < -0.4 is 5.73 Å². The summed E-state index contributed by atoms with van der Waals surface area (Å²) >= 11 is 0. The van der Waals surface area contributed by atoms with Crippen molar-refractivity contribution < 1.29 is 14.0 Å². The summed E-state index contributed by atoms with van der Waals surface area (Å²) in [5.41, 5.74) is 9.48. The predicted molar refractivity (Wildman–Crippen MR) is 121 cm³/mol. The highest BCUT2D eigenvalue weighted by atomic mass is 16.3. The summed E-state index contributed by atoms with van der Waals surface area (Å²) in [6.45, 7) is 1.63. The van der Waals surface area contributed by atoms with Crippen molar-refractivity contribution in [1.29, 1.82) is 0 Å². The third-order valence-corrected chi connectivity index (χ3v) is 6.62. The molecule has 1 aliphatic carbocycles. The quantitative estimate of drug-likeness (QED) is 0.633. The second-order valence-electron chi connectivity index (χ2n) is 8.54. The van der Waals surface area contributed by atoms with Gasteiger partial charge in [-0.1, -0.05) is 42.3 Å². The zero-order valence-electron chi connectivity index (χ0n) is 17.8. The van der Waals surface area contributed by atoms with Gasteiger partial charge in [0.15, 0.2) is 17.3 Å². The van der Waals surface area contributed by atoms with Crippen molar-refractivity contribution in [1.82, 2.24) is 4.90 Å². The van der Waals surface area contributed by atoms with E-state index < -0.39 is 0 Å². The topological polar surface area (TPSA) is 76.5 Å². The molecule has 2 heterocycles. The maximum absolute atomic E-state index is 13.0. The minimum atomic E-state index is -0.191. The van der Waals surface area contributed by atoms with Crippen molar-refractivity contribution in [2.75, 3.05) is 13.1 Å². The molecule has 1 fully saturated rings. The minimum absolute atomic E-state index is 0.132. The van der Waals surface area contributed by atoms with E-state index in [1.165, 1.54) is 0 Å². The molecule has 5 rings (SSSR count). The largest absolute Gasteiger partial charge is 0.443 e. The van der Waals surface area contributed by atoms with Gasteiger partial charge < -0.3 is 15.1 Å². The van der Waals surface area contributed by atoms with E-state index in [1.54, 1.807) is 12.1 Å². The Hall–Kier alpha value is -3.62. The fraction of sp³-hybridized carbons (Fsp3) is 0.259. The first-order valence-corrected chi connectivity index (χ1v) is 10.9. The van der Waals surface area contributed by atoms with Crippen molar-refractivity contribution in [2.45, 2.75) is 31.2 Å². The molecule has 5 heteroatoms. The highest BCUT2D eigenvalue weighted by Crippen LogP contribution is 2.46. The molecule has 1 spiro atoms. The van der Waals surface area contributed by atoms with E-state index in [-0.39, 0.29) is 17.1 Å². The molecule has 2 aromatic carbocycles. The Morgan fingerprint density at radius 1 is 1.03 bits per heavy atom. The van der Waals surface area contributed by atoms with Gasteiger partial charge in [-0.05, 0) is 54.2 Å². The van der Waals surface area contributed by atoms with Crippen LogP contribution in [0, 0.1) is 11.8 Å². The lowest BCUT2D eigenvalue weighted by atomic mass is 9.73. The molecule has 0 saturated carbocycles. The highest BCUT2D eigenvalue weighted by Gasteiger charge is 2.46. The molecule has 1 aromatic heterocycles. The van der Waals surface area contributed by atoms with E-state index in [0.717, 1.165) is 35.1 Å². The van der Waals surface area contributed by atoms with Gasteiger partial charge in [-0.3, -0.25) is 9.59 Å². The number of hydrogen-bond acceptors (Lipinski definition) is 4. The normalized spacial score (nSPS) is 16.5. The van der Waals surface area contributed by atoms with E-state index in [2.05, 4.69) is 17.9 Å². The Bertz CT molecular complexity index is 1240. The Labute approximate surface area is 187 Å². The standard InChI is InChI=1S/C27H24N2O3/c28-18-20-7-10-22-23(16-20)27(17-24(22)30)12-14-29(15-13-27)26(31)25-11-9-21(32-25)8-6-19-4-2-1-3-5-19/h1-5,7,9-11,16H,12-15,17-18,28H2. The first-order chi connectivity index (χ1) is 15.6. The zero-order valence-corrected chi connectivity index (χ0v) is 17.8. The van der Waals surface area contributed by atoms with Gasteiger partial charge in [-0.25, -0.2) is 0 Å². The lowest BCUT2D eigenvalue weighted by Gasteiger charge is -2.39. The number of rotatable bonds is 2. The molecular formula is C27H24N2O3. The zero-order chi connectivity index (χ0) is 22.1. The van der Waals surface area contributed by atoms with E-state index in [9.17, 15) is 9.59 Å². The molecule has 5 nitrogen and oxygen atoms in total. The Morgan fingerprint density at radius 3 is 2.56 bits per heavy atom. The fourth-order valence-corrected chi connectivity index (χ4v) is 4.81. The summed E-state index contributed by atoms with van der Waals surface area (Å²) in [6.07, 6.45) is 2.03. The maximum atomic E-state index is 13.0. The van der Waals surface area contributed by atoms with Gasteiger partial charge in [0.05, 0.1) is 0 Å². The average Bonchev–Trinajstić information content (AvgIpc) is 3.41. The molecule has 1 amide bonds. The van der Waals surface area contributed by atoms with Gasteiger partial charge in [0, 0.05) is 42.6 Å². The number of furan rings is 1. The van der Waals surface area contributed by atoms with Crippen LogP contribution in [0.1, 0.15) is 62.6 Å². The van der Waals surface area contributed by atoms with Crippen molar-refractivity contribution >= 4 is 11.7 Å². The first kappa shape index (κ1) is 20.3. The molecule has 3 aromatic rings. The summed E-state index contributed by atoms with van der Waals surface area (Å²) in [5.74, 6) is 6.83. The fourth-order valence-electron chi connectivity index (χ4n) is 4.81. The van der Waals surface area contributed by atoms with Gasteiger partial charge >= 0.3 is 0 Å². The lowest BCUT2D eigenvalue weighted by Crippen LogP contribution is -2.44. The van der Waals surface area contributed by atoms with Crippen LogP contribution in [0.5, 0.6) is 0 Å². The Morgan fingerprint density at radius 2 is 1.81 bits per heavy atom. The lowest BCUT2D eigenvalue weighted by molar-refractivity contribution is 0.0630. The van der Waals surface area contributed by atoms with Gasteiger partial charge in [0.1, 0.15) is 0 Å². The number of amides is 1. The molecule has 0 radical (unpaired) electrons. The van der Waals surface area contributed by atoms with Gasteiger partial charge in [0.2, 0.25) is 0 Å². The van der Waals surface area contributed by atoms with E-state index in [4.69, 9.17) is 10.2 Å². The number of likely N-dealkylation sites (tertiary alicyclic amines) is 1. The number of nitrogens with zero attached hydrogens (tertiary/aromatic N) is 1. The molecule has 160 valence electrons. The summed E-state index contributed by atoms with van der Waals surface area (Å²) < 4.78 is 5.71. The monoisotopic (exact) mass is 424 g/mol. The van der Waals surface area contributed by atoms with Crippen LogP contribution in [-0.2, 0) is 12.0 Å². The van der Waals surface area contributed by atoms with E-state index in [0.29, 0.717) is 37.6 Å². The predicted octanol–water partition coefficient (Wildman–Crippen LogP) is 3.90. The van der Waals surface area contributed by atoms with Crippen molar-refractivity contribution in [3.63, 3.8) is 0 Å². The van der Waals surface area contributed by atoms with Crippen LogP contribution in [-0.4, -0.2) is 29.7 Å². The van der Waals surface area contributed by atoms with Crippen LogP contribution in [0.25, 0.3) is 0 Å². The number of piperidine rings is 1. The number of ketones is 1. The second-order valence-corrected chi connectivity index (χ2v) is 8.54. The number of fused-ring (bicyclic) bond motifs is 2. The summed E-state index contributed by atoms with van der Waals surface area (Å²) in [5, 5.41) is 0. The molecule has 0 unspecified atom stereocenters. The molecule has 2 aliphatic rings. The van der Waals surface area contributed by atoms with Crippen molar-refractivity contribution in [2.24, 2.45) is 5.73 Å². The third-order valence-electron chi connectivity index (χ3n) is 6.62. The molecular weight excluding hydrogens is 400 g/mol. The van der Waals surface area contributed by atoms with Crippen LogP contribution in [0.3, 0.4) is 0 Å². The number of hydrogen-bond donors (Lipinski definition) is 1. The second kappa shape index (κ2) is 8.14. The smallest absolute Gasteiger partial charge is 0.289 e. The van der Waals surface area contributed by atoms with Crippen LogP contribution in [0.15, 0.2) is 65.1 Å². The van der Waals surface area contributed by atoms with E-state index in [1.807, 2.05) is 47.4 Å². The van der Waals surface area contributed by atoms with Crippen LogP contribution in [0.2, 0.25) is 0 Å². The summed E-state index contributed by atoms with van der Waals surface area (Å²) in [7, 11) is 0. The number of carbonyl (C=O) groups is 2. The van der Waals surface area contributed by atoms with Crippen molar-refractivity contribution in [3.8, 4) is 11.8 Å². The first-order valence-electron chi connectivity index (χ1n) is 10.9. The number of Topliss-reactive ketones (excluding diaryl/α,β-unsaturated/α-hetero) is 1. The molecule has 32 heavy (non-hydrogen) atoms. The molecule has 0 atom stereocenters. The number of benzene rings is 2. The van der Waals surface area contributed by atoms with Crippen LogP contribution in [0.4, 0.5) is 0 Å². The number of nitrogens with two attached hydrogens (primary N) is 1. The molecule has 1 saturated heterocycles. The third kappa shape index (κ3) is 3.63.